The fourth-order valence-electron chi connectivity index (χ4n) is 2.33. The Morgan fingerprint density at radius 3 is 2.95 bits per heavy atom. The standard InChI is InChI=1S/C15H16N4O2S/c20-13-4-8-18-15-19(13)9-12(10-22-15)14(21)17-7-3-11-1-5-16-6-2-11/h1-2,4-6,8,12H,3,7,9-10H2,(H,17,21). The summed E-state index contributed by atoms with van der Waals surface area (Å²) < 4.78 is 1.57. The zero-order valence-electron chi connectivity index (χ0n) is 11.9. The van der Waals surface area contributed by atoms with Crippen LogP contribution in [0.2, 0.25) is 0 Å². The highest BCUT2D eigenvalue weighted by Gasteiger charge is 2.26. The first-order valence-electron chi connectivity index (χ1n) is 7.09. The fraction of sp³-hybridized carbons (Fsp3) is 0.333. The molecular formula is C15H16N4O2S. The monoisotopic (exact) mass is 316 g/mol. The second kappa shape index (κ2) is 6.74. The summed E-state index contributed by atoms with van der Waals surface area (Å²) in [6.45, 7) is 0.981. The molecule has 1 amide bonds. The van der Waals surface area contributed by atoms with E-state index in [0.717, 1.165) is 12.0 Å². The number of hydrogen-bond acceptors (Lipinski definition) is 5. The molecule has 0 saturated carbocycles. The molecule has 1 unspecified atom stereocenters. The number of rotatable bonds is 4. The Kier molecular flexibility index (Phi) is 4.53. The third kappa shape index (κ3) is 3.36. The van der Waals surface area contributed by atoms with E-state index in [9.17, 15) is 9.59 Å². The molecule has 6 nitrogen and oxygen atoms in total. The number of nitrogens with zero attached hydrogens (tertiary/aromatic N) is 3. The van der Waals surface area contributed by atoms with Gasteiger partial charge in [0.25, 0.3) is 5.56 Å². The van der Waals surface area contributed by atoms with Gasteiger partial charge in [0.15, 0.2) is 5.16 Å². The van der Waals surface area contributed by atoms with Crippen molar-refractivity contribution in [2.24, 2.45) is 5.92 Å². The van der Waals surface area contributed by atoms with Gasteiger partial charge in [-0.05, 0) is 24.1 Å². The van der Waals surface area contributed by atoms with Crippen LogP contribution in [-0.4, -0.2) is 32.7 Å². The van der Waals surface area contributed by atoms with Crippen LogP contribution in [0.1, 0.15) is 5.56 Å². The normalized spacial score (nSPS) is 16.8. The SMILES string of the molecule is O=C(NCCc1ccncc1)C1CSc2nccc(=O)n2C1. The minimum absolute atomic E-state index is 0.0111. The minimum atomic E-state index is -0.197. The van der Waals surface area contributed by atoms with Gasteiger partial charge in [-0.1, -0.05) is 11.8 Å². The molecule has 0 aliphatic carbocycles. The summed E-state index contributed by atoms with van der Waals surface area (Å²) in [6.07, 6.45) is 5.76. The van der Waals surface area contributed by atoms with Gasteiger partial charge in [-0.2, -0.15) is 0 Å². The molecule has 3 heterocycles. The Balaban J connectivity index is 1.55. The van der Waals surface area contributed by atoms with Crippen LogP contribution in [-0.2, 0) is 17.8 Å². The lowest BCUT2D eigenvalue weighted by Gasteiger charge is -2.23. The van der Waals surface area contributed by atoms with Gasteiger partial charge < -0.3 is 5.32 Å². The molecule has 1 N–H and O–H groups in total. The maximum Gasteiger partial charge on any atom is 0.254 e. The highest BCUT2D eigenvalue weighted by Crippen LogP contribution is 2.24. The van der Waals surface area contributed by atoms with E-state index in [1.165, 1.54) is 24.0 Å². The maximum absolute atomic E-state index is 12.2. The van der Waals surface area contributed by atoms with Gasteiger partial charge in [-0.25, -0.2) is 4.98 Å². The number of aromatic nitrogens is 3. The summed E-state index contributed by atoms with van der Waals surface area (Å²) in [5.74, 6) is 0.442. The van der Waals surface area contributed by atoms with E-state index in [1.54, 1.807) is 17.0 Å². The first-order chi connectivity index (χ1) is 10.7. The third-order valence-corrected chi connectivity index (χ3v) is 4.70. The highest BCUT2D eigenvalue weighted by atomic mass is 32.2. The molecule has 114 valence electrons. The molecule has 0 aromatic carbocycles. The van der Waals surface area contributed by atoms with E-state index in [1.807, 2.05) is 12.1 Å². The lowest BCUT2D eigenvalue weighted by molar-refractivity contribution is -0.124. The number of thioether (sulfide) groups is 1. The van der Waals surface area contributed by atoms with Crippen LogP contribution in [0.15, 0.2) is 46.7 Å². The predicted octanol–water partition coefficient (Wildman–Crippen LogP) is 0.719. The first kappa shape index (κ1) is 14.8. The Morgan fingerprint density at radius 2 is 2.14 bits per heavy atom. The number of nitrogens with one attached hydrogen (secondary N) is 1. The van der Waals surface area contributed by atoms with Crippen molar-refractivity contribution in [3.63, 3.8) is 0 Å². The largest absolute Gasteiger partial charge is 0.355 e. The van der Waals surface area contributed by atoms with Crippen molar-refractivity contribution in [3.05, 3.63) is 52.7 Å². The second-order valence-electron chi connectivity index (χ2n) is 5.08. The van der Waals surface area contributed by atoms with Crippen molar-refractivity contribution in [1.82, 2.24) is 19.9 Å². The highest BCUT2D eigenvalue weighted by molar-refractivity contribution is 7.99. The van der Waals surface area contributed by atoms with E-state index in [4.69, 9.17) is 0 Å². The smallest absolute Gasteiger partial charge is 0.254 e. The van der Waals surface area contributed by atoms with Gasteiger partial charge in [0.1, 0.15) is 0 Å². The van der Waals surface area contributed by atoms with E-state index in [0.29, 0.717) is 24.0 Å². The van der Waals surface area contributed by atoms with Crippen LogP contribution in [0.25, 0.3) is 0 Å². The Morgan fingerprint density at radius 1 is 1.32 bits per heavy atom. The Hall–Kier alpha value is -2.15. The van der Waals surface area contributed by atoms with Crippen molar-refractivity contribution in [2.45, 2.75) is 18.1 Å². The molecule has 2 aromatic heterocycles. The molecule has 0 spiro atoms. The van der Waals surface area contributed by atoms with Crippen LogP contribution in [0, 0.1) is 5.92 Å². The van der Waals surface area contributed by atoms with E-state index in [2.05, 4.69) is 15.3 Å². The molecule has 2 aromatic rings. The number of carbonyl (C=O) groups is 1. The van der Waals surface area contributed by atoms with Crippen molar-refractivity contribution in [1.29, 1.82) is 0 Å². The molecule has 0 bridgehead atoms. The van der Waals surface area contributed by atoms with E-state index in [-0.39, 0.29) is 17.4 Å². The average Bonchev–Trinajstić information content (AvgIpc) is 2.56. The summed E-state index contributed by atoms with van der Waals surface area (Å²) in [6, 6.07) is 5.29. The molecule has 0 radical (unpaired) electrons. The fourth-order valence-corrected chi connectivity index (χ4v) is 3.40. The molecule has 1 aliphatic rings. The Bertz CT molecular complexity index is 717. The molecule has 1 atom stereocenters. The number of hydrogen-bond donors (Lipinski definition) is 1. The van der Waals surface area contributed by atoms with Gasteiger partial charge in [0.2, 0.25) is 5.91 Å². The van der Waals surface area contributed by atoms with Crippen LogP contribution >= 0.6 is 11.8 Å². The summed E-state index contributed by atoms with van der Waals surface area (Å²) >= 11 is 1.45. The van der Waals surface area contributed by atoms with Crippen LogP contribution in [0.3, 0.4) is 0 Å². The second-order valence-corrected chi connectivity index (χ2v) is 6.07. The Labute approximate surface area is 132 Å². The summed E-state index contributed by atoms with van der Waals surface area (Å²) in [5.41, 5.74) is 1.03. The van der Waals surface area contributed by atoms with Crippen molar-refractivity contribution in [2.75, 3.05) is 12.3 Å². The van der Waals surface area contributed by atoms with Crippen molar-refractivity contribution < 1.29 is 4.79 Å². The van der Waals surface area contributed by atoms with Gasteiger partial charge in [-0.3, -0.25) is 19.1 Å². The van der Waals surface area contributed by atoms with Crippen molar-refractivity contribution >= 4 is 17.7 Å². The van der Waals surface area contributed by atoms with Crippen LogP contribution in [0.5, 0.6) is 0 Å². The topological polar surface area (TPSA) is 76.9 Å². The van der Waals surface area contributed by atoms with Gasteiger partial charge in [0, 0.05) is 43.5 Å². The minimum Gasteiger partial charge on any atom is -0.355 e. The third-order valence-electron chi connectivity index (χ3n) is 3.55. The first-order valence-corrected chi connectivity index (χ1v) is 8.08. The number of carbonyl (C=O) groups excluding carboxylic acids is 1. The molecular weight excluding hydrogens is 300 g/mol. The zero-order valence-corrected chi connectivity index (χ0v) is 12.8. The van der Waals surface area contributed by atoms with E-state index < -0.39 is 0 Å². The zero-order chi connectivity index (χ0) is 15.4. The molecule has 1 aliphatic heterocycles. The molecule has 22 heavy (non-hydrogen) atoms. The average molecular weight is 316 g/mol. The van der Waals surface area contributed by atoms with Crippen molar-refractivity contribution in [3.8, 4) is 0 Å². The summed E-state index contributed by atoms with van der Waals surface area (Å²) in [4.78, 5) is 32.2. The summed E-state index contributed by atoms with van der Waals surface area (Å²) in [5, 5.41) is 3.63. The predicted molar refractivity (Wildman–Crippen MR) is 83.7 cm³/mol. The molecule has 0 saturated heterocycles. The van der Waals surface area contributed by atoms with Crippen LogP contribution in [0.4, 0.5) is 0 Å². The molecule has 0 fully saturated rings. The lowest BCUT2D eigenvalue weighted by atomic mass is 10.1. The number of fused-ring (bicyclic) bond motifs is 1. The molecule has 7 heteroatoms. The van der Waals surface area contributed by atoms with E-state index >= 15 is 0 Å². The van der Waals surface area contributed by atoms with Gasteiger partial charge in [0.05, 0.1) is 5.92 Å². The van der Waals surface area contributed by atoms with Gasteiger partial charge >= 0.3 is 0 Å². The van der Waals surface area contributed by atoms with Crippen LogP contribution < -0.4 is 10.9 Å². The quantitative estimate of drug-likeness (QED) is 0.841. The lowest BCUT2D eigenvalue weighted by Crippen LogP contribution is -2.40. The summed E-state index contributed by atoms with van der Waals surface area (Å²) in [7, 11) is 0. The number of pyridine rings is 1. The maximum atomic E-state index is 12.2. The van der Waals surface area contributed by atoms with Gasteiger partial charge in [-0.15, -0.1) is 0 Å². The number of amides is 1. The molecule has 3 rings (SSSR count).